The summed E-state index contributed by atoms with van der Waals surface area (Å²) in [6, 6.07) is -1.63. The Morgan fingerprint density at radius 3 is 2.66 bits per heavy atom. The average molecular weight is 617 g/mol. The molecule has 41 heavy (non-hydrogen) atoms. The summed E-state index contributed by atoms with van der Waals surface area (Å²) in [5.41, 5.74) is 3.23. The summed E-state index contributed by atoms with van der Waals surface area (Å²) in [6.07, 6.45) is -8.83. The fourth-order valence-electron chi connectivity index (χ4n) is 5.20. The average Bonchev–Trinajstić information content (AvgIpc) is 2.98. The lowest BCUT2D eigenvalue weighted by Crippen LogP contribution is -2.64. The van der Waals surface area contributed by atoms with Crippen molar-refractivity contribution in [3.8, 4) is 0 Å². The number of ether oxygens (including phenoxy) is 1. The van der Waals surface area contributed by atoms with Gasteiger partial charge < -0.3 is 19.9 Å². The van der Waals surface area contributed by atoms with Gasteiger partial charge in [-0.15, -0.1) is 0 Å². The topological polar surface area (TPSA) is 133 Å². The second-order valence-corrected chi connectivity index (χ2v) is 12.3. The number of alkyl halides is 6. The van der Waals surface area contributed by atoms with E-state index in [-0.39, 0.29) is 64.0 Å². The summed E-state index contributed by atoms with van der Waals surface area (Å²) in [4.78, 5) is 31.0. The van der Waals surface area contributed by atoms with E-state index in [1.54, 1.807) is 11.8 Å². The highest BCUT2D eigenvalue weighted by Crippen LogP contribution is 2.37. The highest BCUT2D eigenvalue weighted by Gasteiger charge is 2.51. The quantitative estimate of drug-likeness (QED) is 0.302. The number of hydrazine groups is 1. The molecule has 0 bridgehead atoms. The second-order valence-electron chi connectivity index (χ2n) is 10.2. The Hall–Kier alpha value is -2.70. The molecule has 2 fully saturated rings. The molecule has 3 N–H and O–H groups in total. The predicted molar refractivity (Wildman–Crippen MR) is 131 cm³/mol. The van der Waals surface area contributed by atoms with Gasteiger partial charge in [-0.3, -0.25) is 15.0 Å². The molecule has 4 rings (SSSR count). The Balaban J connectivity index is 1.28. The molecule has 18 heteroatoms. The van der Waals surface area contributed by atoms with Crippen LogP contribution in [0, 0.1) is 5.92 Å². The van der Waals surface area contributed by atoms with E-state index in [1.165, 1.54) is 4.90 Å². The zero-order chi connectivity index (χ0) is 30.2. The number of pyridine rings is 1. The van der Waals surface area contributed by atoms with Crippen LogP contribution in [0.3, 0.4) is 0 Å². The van der Waals surface area contributed by atoms with Crippen molar-refractivity contribution in [2.45, 2.75) is 55.1 Å². The summed E-state index contributed by atoms with van der Waals surface area (Å²) in [5.74, 6) is -4.15. The fraction of sp³-hybridized carbons (Fsp3) is 0.696. The van der Waals surface area contributed by atoms with Gasteiger partial charge in [0.1, 0.15) is 10.7 Å². The minimum absolute atomic E-state index is 0.0212. The van der Waals surface area contributed by atoms with Crippen molar-refractivity contribution in [2.75, 3.05) is 50.0 Å². The molecule has 4 heterocycles. The summed E-state index contributed by atoms with van der Waals surface area (Å²) in [6.45, 7) is 1.90. The van der Waals surface area contributed by atoms with E-state index in [1.807, 2.05) is 5.43 Å². The van der Waals surface area contributed by atoms with Crippen LogP contribution >= 0.6 is 0 Å². The smallest absolute Gasteiger partial charge is 0.379 e. The number of carbonyl (C=O) groups excluding carboxylic acids is 2. The van der Waals surface area contributed by atoms with Crippen molar-refractivity contribution in [2.24, 2.45) is 5.92 Å². The Labute approximate surface area is 231 Å². The molecule has 4 atom stereocenters. The molecule has 0 radical (unpaired) electrons. The zero-order valence-corrected chi connectivity index (χ0v) is 22.7. The van der Waals surface area contributed by atoms with Gasteiger partial charge in [-0.2, -0.15) is 26.3 Å². The van der Waals surface area contributed by atoms with Crippen molar-refractivity contribution in [3.63, 3.8) is 0 Å². The van der Waals surface area contributed by atoms with E-state index in [0.29, 0.717) is 12.3 Å². The van der Waals surface area contributed by atoms with Gasteiger partial charge in [0.15, 0.2) is 15.8 Å². The van der Waals surface area contributed by atoms with E-state index in [0.717, 1.165) is 0 Å². The SMILES string of the molecule is C[C@@H](COCCC(=O)N1CCN2c3ncc(C(F)(F)F)cc3S(=O)(=O)CC[C@@H]2C1)NC1CNNC(=O)C1C(F)(F)F. The standard InChI is InChI=1S/C23H30F6N6O5S/c1-13(32-16-10-31-33-21(37)19(16)23(27,28)29)12-40-6-2-18(36)34-4-5-35-15(11-34)3-7-41(38,39)17-8-14(22(24,25)26)9-30-20(17)35/h8-9,13,15-16,19,31-32H,2-7,10-12H2,1H3,(H,33,37)/t13-,15+,16?,19?/m0/s1. The molecule has 3 aliphatic rings. The molecule has 0 saturated carbocycles. The number of nitrogens with zero attached hydrogens (tertiary/aromatic N) is 3. The molecule has 2 unspecified atom stereocenters. The maximum Gasteiger partial charge on any atom is 0.417 e. The van der Waals surface area contributed by atoms with Crippen molar-refractivity contribution >= 4 is 27.5 Å². The van der Waals surface area contributed by atoms with Gasteiger partial charge in [-0.05, 0) is 19.4 Å². The highest BCUT2D eigenvalue weighted by atomic mass is 32.2. The number of aromatic nitrogens is 1. The summed E-state index contributed by atoms with van der Waals surface area (Å²) >= 11 is 0. The molecule has 2 saturated heterocycles. The van der Waals surface area contributed by atoms with Crippen molar-refractivity contribution in [1.29, 1.82) is 0 Å². The first-order valence-corrected chi connectivity index (χ1v) is 14.5. The van der Waals surface area contributed by atoms with E-state index in [4.69, 9.17) is 4.74 Å². The largest absolute Gasteiger partial charge is 0.417 e. The molecule has 3 aliphatic heterocycles. The van der Waals surface area contributed by atoms with Gasteiger partial charge in [-0.1, -0.05) is 0 Å². The summed E-state index contributed by atoms with van der Waals surface area (Å²) in [5, 5.41) is 2.73. The number of piperazine rings is 1. The minimum atomic E-state index is -4.75. The van der Waals surface area contributed by atoms with Crippen LogP contribution in [0.4, 0.5) is 32.2 Å². The number of halogens is 6. The number of nitrogens with one attached hydrogen (secondary N) is 3. The number of hydrogen-bond acceptors (Lipinski definition) is 9. The molecular formula is C23H30F6N6O5S. The Morgan fingerprint density at radius 1 is 1.24 bits per heavy atom. The molecule has 0 spiro atoms. The Kier molecular flexibility index (Phi) is 9.06. The fourth-order valence-corrected chi connectivity index (χ4v) is 6.75. The zero-order valence-electron chi connectivity index (χ0n) is 21.9. The van der Waals surface area contributed by atoms with E-state index < -0.39 is 68.4 Å². The second kappa shape index (κ2) is 11.9. The number of anilines is 1. The normalized spacial score (nSPS) is 25.5. The predicted octanol–water partition coefficient (Wildman–Crippen LogP) is 0.861. The highest BCUT2D eigenvalue weighted by molar-refractivity contribution is 7.91. The van der Waals surface area contributed by atoms with Crippen LogP contribution in [0.1, 0.15) is 25.3 Å². The van der Waals surface area contributed by atoms with Gasteiger partial charge in [0.2, 0.25) is 11.8 Å². The van der Waals surface area contributed by atoms with Gasteiger partial charge in [0.05, 0.1) is 31.0 Å². The Morgan fingerprint density at radius 2 is 1.98 bits per heavy atom. The van der Waals surface area contributed by atoms with Crippen molar-refractivity contribution < 1.29 is 49.1 Å². The van der Waals surface area contributed by atoms with E-state index >= 15 is 0 Å². The van der Waals surface area contributed by atoms with Crippen LogP contribution in [0.5, 0.6) is 0 Å². The first-order valence-electron chi connectivity index (χ1n) is 12.9. The number of hydrogen-bond donors (Lipinski definition) is 3. The molecule has 1 aromatic heterocycles. The molecule has 1 aromatic rings. The lowest BCUT2D eigenvalue weighted by Gasteiger charge is -2.41. The summed E-state index contributed by atoms with van der Waals surface area (Å²) in [7, 11) is -4.03. The van der Waals surface area contributed by atoms with E-state index in [9.17, 15) is 44.3 Å². The lowest BCUT2D eigenvalue weighted by atomic mass is 9.96. The third kappa shape index (κ3) is 7.21. The molecule has 0 aliphatic carbocycles. The lowest BCUT2D eigenvalue weighted by molar-refractivity contribution is -0.193. The van der Waals surface area contributed by atoms with Crippen LogP contribution < -0.4 is 21.1 Å². The maximum atomic E-state index is 13.3. The number of fused-ring (bicyclic) bond motifs is 3. The van der Waals surface area contributed by atoms with Crippen LogP contribution in [-0.4, -0.2) is 99.6 Å². The van der Waals surface area contributed by atoms with Gasteiger partial charge in [0, 0.05) is 50.5 Å². The number of sulfone groups is 1. The molecular weight excluding hydrogens is 586 g/mol. The molecule has 230 valence electrons. The third-order valence-electron chi connectivity index (χ3n) is 7.22. The van der Waals surface area contributed by atoms with Gasteiger partial charge in [-0.25, -0.2) is 18.8 Å². The molecule has 0 aromatic carbocycles. The molecule has 11 nitrogen and oxygen atoms in total. The van der Waals surface area contributed by atoms with E-state index in [2.05, 4.69) is 15.7 Å². The van der Waals surface area contributed by atoms with Crippen LogP contribution in [0.2, 0.25) is 0 Å². The van der Waals surface area contributed by atoms with Crippen LogP contribution in [0.15, 0.2) is 17.2 Å². The van der Waals surface area contributed by atoms with Gasteiger partial charge >= 0.3 is 12.4 Å². The third-order valence-corrected chi connectivity index (χ3v) is 8.96. The minimum Gasteiger partial charge on any atom is -0.379 e. The monoisotopic (exact) mass is 616 g/mol. The van der Waals surface area contributed by atoms with Gasteiger partial charge in [0.25, 0.3) is 0 Å². The number of amides is 2. The van der Waals surface area contributed by atoms with Crippen molar-refractivity contribution in [1.82, 2.24) is 26.1 Å². The number of carbonyl (C=O) groups is 2. The first-order chi connectivity index (χ1) is 19.1. The number of rotatable bonds is 7. The van der Waals surface area contributed by atoms with Crippen LogP contribution in [-0.2, 0) is 30.3 Å². The van der Waals surface area contributed by atoms with Crippen LogP contribution in [0.25, 0.3) is 0 Å². The maximum absolute atomic E-state index is 13.3. The molecule has 2 amide bonds. The Bertz CT molecular complexity index is 1250. The summed E-state index contributed by atoms with van der Waals surface area (Å²) < 4.78 is 110. The first kappa shape index (κ1) is 31.2. The van der Waals surface area contributed by atoms with Crippen molar-refractivity contribution in [3.05, 3.63) is 17.8 Å².